The Morgan fingerprint density at radius 1 is 1.58 bits per heavy atom. The van der Waals surface area contributed by atoms with Crippen molar-refractivity contribution in [3.63, 3.8) is 0 Å². The summed E-state index contributed by atoms with van der Waals surface area (Å²) < 4.78 is 17.6. The summed E-state index contributed by atoms with van der Waals surface area (Å²) in [7, 11) is 1.28. The minimum atomic E-state index is -0.513. The van der Waals surface area contributed by atoms with Crippen LogP contribution in [0.5, 0.6) is 0 Å². The first-order valence-electron chi connectivity index (χ1n) is 5.57. The number of carbonyl (C=O) groups is 2. The largest absolute Gasteiger partial charge is 0.466 e. The van der Waals surface area contributed by atoms with Gasteiger partial charge >= 0.3 is 5.97 Å². The van der Waals surface area contributed by atoms with Gasteiger partial charge in [-0.2, -0.15) is 0 Å². The van der Waals surface area contributed by atoms with E-state index in [0.29, 0.717) is 10.6 Å². The Bertz CT molecular complexity index is 544. The minimum Gasteiger partial charge on any atom is -0.466 e. The van der Waals surface area contributed by atoms with Gasteiger partial charge in [-0.1, -0.05) is 23.9 Å². The summed E-state index contributed by atoms with van der Waals surface area (Å²) in [6.07, 6.45) is 1.27. The molecule has 0 aliphatic carbocycles. The Labute approximate surface area is 114 Å². The van der Waals surface area contributed by atoms with Crippen molar-refractivity contribution in [1.29, 1.82) is 0 Å². The maximum Gasteiger partial charge on any atom is 0.333 e. The molecule has 4 nitrogen and oxygen atoms in total. The number of esters is 1. The van der Waals surface area contributed by atoms with Crippen molar-refractivity contribution >= 4 is 23.6 Å². The van der Waals surface area contributed by atoms with Crippen LogP contribution in [-0.4, -0.2) is 29.6 Å². The molecule has 0 aromatic heterocycles. The molecule has 100 valence electrons. The molecule has 1 fully saturated rings. The Morgan fingerprint density at radius 3 is 3.05 bits per heavy atom. The maximum atomic E-state index is 13.1. The molecule has 0 unspecified atom stereocenters. The first-order chi connectivity index (χ1) is 9.10. The van der Waals surface area contributed by atoms with Gasteiger partial charge in [0, 0.05) is 0 Å². The van der Waals surface area contributed by atoms with E-state index in [1.54, 1.807) is 12.1 Å². The van der Waals surface area contributed by atoms with Gasteiger partial charge in [0.15, 0.2) is 0 Å². The number of benzene rings is 1. The van der Waals surface area contributed by atoms with Crippen molar-refractivity contribution in [3.8, 4) is 0 Å². The number of thioether (sulfide) groups is 1. The quantitative estimate of drug-likeness (QED) is 0.627. The van der Waals surface area contributed by atoms with E-state index in [2.05, 4.69) is 4.74 Å². The van der Waals surface area contributed by atoms with Gasteiger partial charge < -0.3 is 9.64 Å². The molecular formula is C13H12FNO3S. The number of rotatable bonds is 3. The highest BCUT2D eigenvalue weighted by molar-refractivity contribution is 8.04. The Morgan fingerprint density at radius 2 is 2.37 bits per heavy atom. The summed E-state index contributed by atoms with van der Waals surface area (Å²) in [6, 6.07) is 6.03. The van der Waals surface area contributed by atoms with Crippen LogP contribution in [0.2, 0.25) is 0 Å². The van der Waals surface area contributed by atoms with Crippen molar-refractivity contribution in [2.75, 3.05) is 12.9 Å². The van der Waals surface area contributed by atoms with Gasteiger partial charge in [0.05, 0.1) is 30.5 Å². The molecule has 1 aromatic carbocycles. The lowest BCUT2D eigenvalue weighted by Crippen LogP contribution is -2.24. The van der Waals surface area contributed by atoms with Gasteiger partial charge in [-0.25, -0.2) is 9.18 Å². The predicted octanol–water partition coefficient (Wildman–Crippen LogP) is 1.92. The van der Waals surface area contributed by atoms with Crippen LogP contribution in [0.3, 0.4) is 0 Å². The molecule has 19 heavy (non-hydrogen) atoms. The van der Waals surface area contributed by atoms with Crippen LogP contribution in [0.15, 0.2) is 35.4 Å². The molecule has 2 rings (SSSR count). The molecule has 0 spiro atoms. The molecular weight excluding hydrogens is 269 g/mol. The molecule has 0 radical (unpaired) electrons. The lowest BCUT2D eigenvalue weighted by atomic mass is 10.2. The van der Waals surface area contributed by atoms with Gasteiger partial charge in [-0.15, -0.1) is 0 Å². The van der Waals surface area contributed by atoms with Crippen LogP contribution in [0.1, 0.15) is 5.56 Å². The molecule has 1 aliphatic rings. The normalized spacial score (nSPS) is 17.1. The van der Waals surface area contributed by atoms with Crippen molar-refractivity contribution in [3.05, 3.63) is 46.8 Å². The lowest BCUT2D eigenvalue weighted by molar-refractivity contribution is -0.134. The first-order valence-corrected chi connectivity index (χ1v) is 6.56. The number of carbonyl (C=O) groups excluding carboxylic acids is 2. The number of hydrogen-bond acceptors (Lipinski definition) is 4. The van der Waals surface area contributed by atoms with Gasteiger partial charge in [-0.05, 0) is 17.7 Å². The average molecular weight is 281 g/mol. The molecule has 0 bridgehead atoms. The van der Waals surface area contributed by atoms with E-state index >= 15 is 0 Å². The fourth-order valence-corrected chi connectivity index (χ4v) is 2.61. The van der Waals surface area contributed by atoms with Crippen LogP contribution >= 0.6 is 11.8 Å². The molecule has 1 aliphatic heterocycles. The topological polar surface area (TPSA) is 46.6 Å². The van der Waals surface area contributed by atoms with Gasteiger partial charge in [0.25, 0.3) is 0 Å². The Balaban J connectivity index is 2.18. The molecule has 0 atom stereocenters. The fraction of sp³-hybridized carbons (Fsp3) is 0.231. The zero-order valence-corrected chi connectivity index (χ0v) is 11.1. The molecule has 1 saturated heterocycles. The van der Waals surface area contributed by atoms with Gasteiger partial charge in [0.1, 0.15) is 5.82 Å². The molecule has 0 saturated carbocycles. The summed E-state index contributed by atoms with van der Waals surface area (Å²) in [6.45, 7) is 0.242. The third kappa shape index (κ3) is 3.35. The highest BCUT2D eigenvalue weighted by Crippen LogP contribution is 2.30. The fourth-order valence-electron chi connectivity index (χ4n) is 1.68. The summed E-state index contributed by atoms with van der Waals surface area (Å²) >= 11 is 1.27. The van der Waals surface area contributed by atoms with Gasteiger partial charge in [0.2, 0.25) is 5.91 Å². The lowest BCUT2D eigenvalue weighted by Gasteiger charge is -2.16. The SMILES string of the molecule is COC(=O)C=C1SCC(=O)N1Cc1cccc(F)c1. The maximum absolute atomic E-state index is 13.1. The van der Waals surface area contributed by atoms with Crippen LogP contribution in [0, 0.1) is 5.82 Å². The summed E-state index contributed by atoms with van der Waals surface area (Å²) in [4.78, 5) is 24.4. The Hall–Kier alpha value is -1.82. The van der Waals surface area contributed by atoms with Crippen molar-refractivity contribution < 1.29 is 18.7 Å². The van der Waals surface area contributed by atoms with Crippen molar-refractivity contribution in [2.45, 2.75) is 6.54 Å². The highest BCUT2D eigenvalue weighted by Gasteiger charge is 2.27. The zero-order chi connectivity index (χ0) is 13.8. The van der Waals surface area contributed by atoms with Crippen LogP contribution in [0.4, 0.5) is 4.39 Å². The van der Waals surface area contributed by atoms with E-state index in [1.807, 2.05) is 0 Å². The number of ether oxygens (including phenoxy) is 1. The number of methoxy groups -OCH3 is 1. The molecule has 0 N–H and O–H groups in total. The predicted molar refractivity (Wildman–Crippen MR) is 69.5 cm³/mol. The van der Waals surface area contributed by atoms with E-state index in [1.165, 1.54) is 42.0 Å². The number of hydrogen-bond donors (Lipinski definition) is 0. The van der Waals surface area contributed by atoms with Crippen molar-refractivity contribution in [1.82, 2.24) is 4.90 Å². The highest BCUT2D eigenvalue weighted by atomic mass is 32.2. The average Bonchev–Trinajstić information content (AvgIpc) is 2.71. The van der Waals surface area contributed by atoms with E-state index < -0.39 is 5.97 Å². The molecule has 6 heteroatoms. The summed E-state index contributed by atoms with van der Waals surface area (Å²) in [5.74, 6) is -0.695. The van der Waals surface area contributed by atoms with Crippen LogP contribution in [-0.2, 0) is 20.9 Å². The third-order valence-electron chi connectivity index (χ3n) is 2.58. The first kappa shape index (κ1) is 13.6. The Kier molecular flexibility index (Phi) is 4.21. The molecule has 1 aromatic rings. The van der Waals surface area contributed by atoms with Gasteiger partial charge in [-0.3, -0.25) is 4.79 Å². The van der Waals surface area contributed by atoms with Crippen LogP contribution < -0.4 is 0 Å². The standard InChI is InChI=1S/C13H12FNO3S/c1-18-13(17)6-12-15(11(16)8-19-12)7-9-3-2-4-10(14)5-9/h2-6H,7-8H2,1H3. The zero-order valence-electron chi connectivity index (χ0n) is 10.3. The summed E-state index contributed by atoms with van der Waals surface area (Å²) in [5, 5.41) is 0.529. The summed E-state index contributed by atoms with van der Waals surface area (Å²) in [5.41, 5.74) is 0.673. The third-order valence-corrected chi connectivity index (χ3v) is 3.61. The van der Waals surface area contributed by atoms with E-state index in [4.69, 9.17) is 0 Å². The molecule has 1 amide bonds. The second-order valence-electron chi connectivity index (χ2n) is 3.90. The van der Waals surface area contributed by atoms with E-state index in [9.17, 15) is 14.0 Å². The minimum absolute atomic E-state index is 0.107. The smallest absolute Gasteiger partial charge is 0.333 e. The molecule has 1 heterocycles. The second kappa shape index (κ2) is 5.88. The van der Waals surface area contributed by atoms with E-state index in [-0.39, 0.29) is 24.0 Å². The van der Waals surface area contributed by atoms with Crippen LogP contribution in [0.25, 0.3) is 0 Å². The number of halogens is 1. The number of amides is 1. The van der Waals surface area contributed by atoms with E-state index in [0.717, 1.165) is 0 Å². The van der Waals surface area contributed by atoms with Crippen molar-refractivity contribution in [2.24, 2.45) is 0 Å². The monoisotopic (exact) mass is 281 g/mol. The number of nitrogens with zero attached hydrogens (tertiary/aromatic N) is 1. The second-order valence-corrected chi connectivity index (χ2v) is 4.90.